The number of benzene rings is 1. The van der Waals surface area contributed by atoms with Gasteiger partial charge in [0.25, 0.3) is 0 Å². The second kappa shape index (κ2) is 8.21. The van der Waals surface area contributed by atoms with E-state index in [0.29, 0.717) is 6.54 Å². The molecule has 2 aromatic rings. The number of hydrogen-bond donors (Lipinski definition) is 2. The maximum Gasteiger partial charge on any atom is 0.191 e. The summed E-state index contributed by atoms with van der Waals surface area (Å²) in [5.41, 5.74) is 5.00. The van der Waals surface area contributed by atoms with E-state index in [1.54, 1.807) is 7.05 Å². The molecule has 6 heteroatoms. The fourth-order valence-electron chi connectivity index (χ4n) is 3.14. The number of nitrogens with one attached hydrogen (secondary N) is 2. The molecule has 0 amide bonds. The summed E-state index contributed by atoms with van der Waals surface area (Å²) in [5, 5.41) is 11.7. The zero-order valence-corrected chi connectivity index (χ0v) is 17.8. The Morgan fingerprint density at radius 3 is 2.56 bits per heavy atom. The Labute approximate surface area is 167 Å². The lowest BCUT2D eigenvalue weighted by atomic mass is 10.1. The van der Waals surface area contributed by atoms with Gasteiger partial charge in [0.1, 0.15) is 0 Å². The third-order valence-electron chi connectivity index (χ3n) is 4.15. The minimum Gasteiger partial charge on any atom is -0.352 e. The summed E-state index contributed by atoms with van der Waals surface area (Å²) >= 11 is 0. The van der Waals surface area contributed by atoms with Gasteiger partial charge in [0, 0.05) is 18.3 Å². The van der Waals surface area contributed by atoms with Gasteiger partial charge >= 0.3 is 0 Å². The molecule has 1 heterocycles. The van der Waals surface area contributed by atoms with Crippen molar-refractivity contribution >= 4 is 29.9 Å². The summed E-state index contributed by atoms with van der Waals surface area (Å²) in [6, 6.07) is 10.4. The topological polar surface area (TPSA) is 54.2 Å². The van der Waals surface area contributed by atoms with Crippen LogP contribution in [-0.4, -0.2) is 28.3 Å². The van der Waals surface area contributed by atoms with Crippen LogP contribution in [0.3, 0.4) is 0 Å². The normalized spacial score (nSPS) is 14.0. The summed E-state index contributed by atoms with van der Waals surface area (Å²) in [7, 11) is 1.80. The molecule has 3 rings (SSSR count). The summed E-state index contributed by atoms with van der Waals surface area (Å²) < 4.78 is 2.11. The predicted octanol–water partition coefficient (Wildman–Crippen LogP) is 3.44. The number of fused-ring (bicyclic) bond motifs is 1. The Bertz CT molecular complexity index is 728. The highest BCUT2D eigenvalue weighted by atomic mass is 127. The Balaban J connectivity index is 0.00000225. The number of para-hydroxylation sites is 1. The SMILES string of the molecule is CN=C(NCc1nn(-c2ccccc2)c2c1CCC2)NC(C)(C)C.I. The first-order valence-electron chi connectivity index (χ1n) is 8.62. The number of halogens is 1. The summed E-state index contributed by atoms with van der Waals surface area (Å²) in [6.45, 7) is 7.07. The maximum atomic E-state index is 4.88. The largest absolute Gasteiger partial charge is 0.352 e. The zero-order chi connectivity index (χ0) is 17.2. The average Bonchev–Trinajstić information content (AvgIpc) is 3.14. The van der Waals surface area contributed by atoms with Gasteiger partial charge in [-0.05, 0) is 57.7 Å². The van der Waals surface area contributed by atoms with Crippen LogP contribution in [0.2, 0.25) is 0 Å². The number of guanidine groups is 1. The van der Waals surface area contributed by atoms with Gasteiger partial charge in [-0.1, -0.05) is 18.2 Å². The lowest BCUT2D eigenvalue weighted by molar-refractivity contribution is 0.501. The standard InChI is InChI=1S/C19H27N5.HI/c1-19(2,3)22-18(20-4)21-13-16-15-11-8-12-17(15)24(23-16)14-9-6-5-7-10-14;/h5-7,9-10H,8,11-13H2,1-4H3,(H2,20,21,22);1H. The van der Waals surface area contributed by atoms with Gasteiger partial charge in [-0.2, -0.15) is 5.10 Å². The molecule has 0 aliphatic heterocycles. The molecule has 5 nitrogen and oxygen atoms in total. The Hall–Kier alpha value is -1.57. The van der Waals surface area contributed by atoms with Crippen LogP contribution >= 0.6 is 24.0 Å². The van der Waals surface area contributed by atoms with Crippen LogP contribution in [0.1, 0.15) is 44.1 Å². The van der Waals surface area contributed by atoms with E-state index in [0.717, 1.165) is 30.2 Å². The molecule has 2 N–H and O–H groups in total. The van der Waals surface area contributed by atoms with E-state index in [2.05, 4.69) is 65.3 Å². The van der Waals surface area contributed by atoms with E-state index in [1.807, 2.05) is 6.07 Å². The second-order valence-corrected chi connectivity index (χ2v) is 7.27. The van der Waals surface area contributed by atoms with Crippen molar-refractivity contribution in [2.24, 2.45) is 4.99 Å². The number of nitrogens with zero attached hydrogens (tertiary/aromatic N) is 3. The first-order valence-corrected chi connectivity index (χ1v) is 8.62. The molecule has 1 aromatic carbocycles. The quantitative estimate of drug-likeness (QED) is 0.426. The smallest absolute Gasteiger partial charge is 0.191 e. The molecule has 0 fully saturated rings. The number of rotatable bonds is 3. The minimum absolute atomic E-state index is 0. The maximum absolute atomic E-state index is 4.88. The van der Waals surface area contributed by atoms with E-state index in [9.17, 15) is 0 Å². The molecule has 0 bridgehead atoms. The van der Waals surface area contributed by atoms with Crippen molar-refractivity contribution in [1.82, 2.24) is 20.4 Å². The number of aromatic nitrogens is 2. The van der Waals surface area contributed by atoms with E-state index in [-0.39, 0.29) is 29.5 Å². The first-order chi connectivity index (χ1) is 11.5. The average molecular weight is 453 g/mol. The molecule has 0 unspecified atom stereocenters. The van der Waals surface area contributed by atoms with Gasteiger partial charge in [0.15, 0.2) is 5.96 Å². The predicted molar refractivity (Wildman–Crippen MR) is 114 cm³/mol. The molecular weight excluding hydrogens is 425 g/mol. The third-order valence-corrected chi connectivity index (χ3v) is 4.15. The van der Waals surface area contributed by atoms with Crippen molar-refractivity contribution in [2.45, 2.75) is 52.1 Å². The van der Waals surface area contributed by atoms with Crippen molar-refractivity contribution in [1.29, 1.82) is 0 Å². The molecule has 25 heavy (non-hydrogen) atoms. The van der Waals surface area contributed by atoms with Crippen molar-refractivity contribution < 1.29 is 0 Å². The highest BCUT2D eigenvalue weighted by Crippen LogP contribution is 2.27. The molecular formula is C19H28IN5. The third kappa shape index (κ3) is 4.74. The van der Waals surface area contributed by atoms with E-state index in [1.165, 1.54) is 17.7 Å². The van der Waals surface area contributed by atoms with Gasteiger partial charge in [-0.25, -0.2) is 4.68 Å². The highest BCUT2D eigenvalue weighted by molar-refractivity contribution is 14.0. The van der Waals surface area contributed by atoms with Gasteiger partial charge in [-0.3, -0.25) is 4.99 Å². The van der Waals surface area contributed by atoms with Gasteiger partial charge < -0.3 is 10.6 Å². The molecule has 0 radical (unpaired) electrons. The Kier molecular flexibility index (Phi) is 6.48. The van der Waals surface area contributed by atoms with Gasteiger partial charge in [0.05, 0.1) is 17.9 Å². The van der Waals surface area contributed by atoms with Crippen LogP contribution in [-0.2, 0) is 19.4 Å². The molecule has 1 aromatic heterocycles. The second-order valence-electron chi connectivity index (χ2n) is 7.27. The van der Waals surface area contributed by atoms with Crippen LogP contribution in [0.4, 0.5) is 0 Å². The molecule has 0 saturated carbocycles. The van der Waals surface area contributed by atoms with Crippen LogP contribution in [0.5, 0.6) is 0 Å². The number of aliphatic imine (C=N–C) groups is 1. The molecule has 1 aliphatic carbocycles. The Morgan fingerprint density at radius 1 is 1.20 bits per heavy atom. The molecule has 0 spiro atoms. The van der Waals surface area contributed by atoms with Crippen LogP contribution in [0.15, 0.2) is 35.3 Å². The highest BCUT2D eigenvalue weighted by Gasteiger charge is 2.23. The number of hydrogen-bond acceptors (Lipinski definition) is 2. The van der Waals surface area contributed by atoms with E-state index in [4.69, 9.17) is 5.10 Å². The zero-order valence-electron chi connectivity index (χ0n) is 15.5. The van der Waals surface area contributed by atoms with E-state index >= 15 is 0 Å². The molecule has 0 atom stereocenters. The lowest BCUT2D eigenvalue weighted by Gasteiger charge is -2.23. The van der Waals surface area contributed by atoms with E-state index < -0.39 is 0 Å². The van der Waals surface area contributed by atoms with Crippen LogP contribution in [0, 0.1) is 0 Å². The monoisotopic (exact) mass is 453 g/mol. The van der Waals surface area contributed by atoms with Crippen LogP contribution in [0.25, 0.3) is 5.69 Å². The lowest BCUT2D eigenvalue weighted by Crippen LogP contribution is -2.47. The molecule has 136 valence electrons. The minimum atomic E-state index is -0.0206. The summed E-state index contributed by atoms with van der Waals surface area (Å²) in [5.74, 6) is 0.809. The first kappa shape index (κ1) is 19.8. The van der Waals surface area contributed by atoms with Crippen molar-refractivity contribution in [2.75, 3.05) is 7.05 Å². The fraction of sp³-hybridized carbons (Fsp3) is 0.474. The van der Waals surface area contributed by atoms with Gasteiger partial charge in [0.2, 0.25) is 0 Å². The van der Waals surface area contributed by atoms with Gasteiger partial charge in [-0.15, -0.1) is 24.0 Å². The van der Waals surface area contributed by atoms with Crippen molar-refractivity contribution in [3.05, 3.63) is 47.3 Å². The molecule has 0 saturated heterocycles. The molecule has 1 aliphatic rings. The van der Waals surface area contributed by atoms with Crippen molar-refractivity contribution in [3.8, 4) is 5.69 Å². The summed E-state index contributed by atoms with van der Waals surface area (Å²) in [4.78, 5) is 4.31. The fourth-order valence-corrected chi connectivity index (χ4v) is 3.14. The Morgan fingerprint density at radius 2 is 1.92 bits per heavy atom. The van der Waals surface area contributed by atoms with Crippen LogP contribution < -0.4 is 10.6 Å². The van der Waals surface area contributed by atoms with Crippen molar-refractivity contribution in [3.63, 3.8) is 0 Å². The summed E-state index contributed by atoms with van der Waals surface area (Å²) in [6.07, 6.45) is 3.43.